The molecule has 0 atom stereocenters. The van der Waals surface area contributed by atoms with Crippen molar-refractivity contribution in [2.24, 2.45) is 0 Å². The summed E-state index contributed by atoms with van der Waals surface area (Å²) in [6.07, 6.45) is 1.75. The van der Waals surface area contributed by atoms with E-state index in [4.69, 9.17) is 4.74 Å². The van der Waals surface area contributed by atoms with Crippen molar-refractivity contribution < 1.29 is 4.74 Å². The van der Waals surface area contributed by atoms with Gasteiger partial charge in [-0.1, -0.05) is 13.5 Å². The molecule has 0 saturated carbocycles. The summed E-state index contributed by atoms with van der Waals surface area (Å²) in [6.45, 7) is 9.69. The predicted molar refractivity (Wildman–Crippen MR) is 62.9 cm³/mol. The van der Waals surface area contributed by atoms with Gasteiger partial charge in [-0.3, -0.25) is 4.98 Å². The third-order valence-corrected chi connectivity index (χ3v) is 2.16. The number of methoxy groups -OCH3 is 1. The highest BCUT2D eigenvalue weighted by Gasteiger charge is 2.05. The zero-order valence-corrected chi connectivity index (χ0v) is 9.63. The molecule has 1 aromatic rings. The van der Waals surface area contributed by atoms with Crippen LogP contribution >= 0.6 is 0 Å². The van der Waals surface area contributed by atoms with Gasteiger partial charge in [0.25, 0.3) is 0 Å². The number of allylic oxidation sites excluding steroid dienone is 1. The van der Waals surface area contributed by atoms with Crippen molar-refractivity contribution in [2.75, 3.05) is 13.7 Å². The fraction of sp³-hybridized carbons (Fsp3) is 0.417. The lowest BCUT2D eigenvalue weighted by atomic mass is 10.1. The molecule has 0 aliphatic rings. The fourth-order valence-electron chi connectivity index (χ4n) is 1.33. The molecule has 3 heteroatoms. The highest BCUT2D eigenvalue weighted by Crippen LogP contribution is 2.24. The average molecular weight is 206 g/mol. The number of hydrogen-bond donors (Lipinski definition) is 1. The number of nitrogens with one attached hydrogen (secondary N) is 1. The second-order valence-corrected chi connectivity index (χ2v) is 3.44. The number of ether oxygens (including phenoxy) is 1. The first-order valence-electron chi connectivity index (χ1n) is 5.08. The van der Waals surface area contributed by atoms with Crippen LogP contribution in [-0.4, -0.2) is 18.6 Å². The third kappa shape index (κ3) is 3.06. The second-order valence-electron chi connectivity index (χ2n) is 3.44. The van der Waals surface area contributed by atoms with Crippen molar-refractivity contribution in [1.29, 1.82) is 0 Å². The summed E-state index contributed by atoms with van der Waals surface area (Å²) in [7, 11) is 1.65. The molecule has 1 aromatic heterocycles. The van der Waals surface area contributed by atoms with Gasteiger partial charge in [0.05, 0.1) is 19.0 Å². The summed E-state index contributed by atoms with van der Waals surface area (Å²) >= 11 is 0. The van der Waals surface area contributed by atoms with Crippen molar-refractivity contribution in [2.45, 2.75) is 20.4 Å². The molecule has 1 N–H and O–H groups in total. The van der Waals surface area contributed by atoms with Crippen molar-refractivity contribution >= 4 is 5.57 Å². The van der Waals surface area contributed by atoms with Gasteiger partial charge in [-0.2, -0.15) is 0 Å². The van der Waals surface area contributed by atoms with E-state index in [9.17, 15) is 0 Å². The first-order valence-corrected chi connectivity index (χ1v) is 5.08. The lowest BCUT2D eigenvalue weighted by Crippen LogP contribution is -2.13. The summed E-state index contributed by atoms with van der Waals surface area (Å²) in [5.74, 6) is 0.780. The van der Waals surface area contributed by atoms with Crippen LogP contribution < -0.4 is 10.1 Å². The molecule has 0 saturated heterocycles. The molecule has 0 aromatic carbocycles. The van der Waals surface area contributed by atoms with Crippen LogP contribution in [0.4, 0.5) is 0 Å². The highest BCUT2D eigenvalue weighted by molar-refractivity contribution is 5.66. The molecule has 0 spiro atoms. The molecular formula is C12H18N2O. The van der Waals surface area contributed by atoms with Gasteiger partial charge in [-0.15, -0.1) is 0 Å². The molecule has 0 fully saturated rings. The van der Waals surface area contributed by atoms with E-state index in [1.165, 1.54) is 0 Å². The van der Waals surface area contributed by atoms with E-state index in [1.807, 2.05) is 13.0 Å². The maximum Gasteiger partial charge on any atom is 0.144 e. The van der Waals surface area contributed by atoms with Crippen LogP contribution in [-0.2, 0) is 6.54 Å². The molecule has 0 aliphatic carbocycles. The minimum atomic E-state index is 0.779. The first kappa shape index (κ1) is 11.7. The number of aromatic nitrogens is 1. The second kappa shape index (κ2) is 5.51. The van der Waals surface area contributed by atoms with Gasteiger partial charge in [-0.05, 0) is 25.1 Å². The summed E-state index contributed by atoms with van der Waals surface area (Å²) < 4.78 is 5.22. The highest BCUT2D eigenvalue weighted by atomic mass is 16.5. The van der Waals surface area contributed by atoms with Gasteiger partial charge in [0.1, 0.15) is 5.75 Å². The Morgan fingerprint density at radius 3 is 2.87 bits per heavy atom. The minimum absolute atomic E-state index is 0.779. The van der Waals surface area contributed by atoms with Crippen LogP contribution in [0.2, 0.25) is 0 Å². The molecule has 1 rings (SSSR count). The van der Waals surface area contributed by atoms with E-state index < -0.39 is 0 Å². The van der Waals surface area contributed by atoms with Crippen LogP contribution in [0.5, 0.6) is 5.75 Å². The maximum atomic E-state index is 5.22. The quantitative estimate of drug-likeness (QED) is 0.802. The molecule has 82 valence electrons. The van der Waals surface area contributed by atoms with Gasteiger partial charge in [0.2, 0.25) is 0 Å². The van der Waals surface area contributed by atoms with E-state index in [2.05, 4.69) is 23.8 Å². The average Bonchev–Trinajstić information content (AvgIpc) is 2.25. The Labute approximate surface area is 91.2 Å². The van der Waals surface area contributed by atoms with Crippen molar-refractivity contribution in [3.8, 4) is 5.75 Å². The molecule has 0 unspecified atom stereocenters. The van der Waals surface area contributed by atoms with Gasteiger partial charge in [0, 0.05) is 12.1 Å². The minimum Gasteiger partial charge on any atom is -0.495 e. The Morgan fingerprint density at radius 1 is 1.60 bits per heavy atom. The van der Waals surface area contributed by atoms with Gasteiger partial charge in [-0.25, -0.2) is 0 Å². The van der Waals surface area contributed by atoms with Crippen LogP contribution in [0.25, 0.3) is 5.57 Å². The van der Waals surface area contributed by atoms with Crippen molar-refractivity contribution in [3.63, 3.8) is 0 Å². The summed E-state index contributed by atoms with van der Waals surface area (Å²) in [5.41, 5.74) is 3.03. The maximum absolute atomic E-state index is 5.22. The Kier molecular flexibility index (Phi) is 4.31. The summed E-state index contributed by atoms with van der Waals surface area (Å²) in [5, 5.41) is 3.24. The molecule has 1 heterocycles. The molecule has 3 nitrogen and oxygen atoms in total. The Bertz CT molecular complexity index is 347. The third-order valence-electron chi connectivity index (χ3n) is 2.16. The summed E-state index contributed by atoms with van der Waals surface area (Å²) in [4.78, 5) is 4.30. The SMILES string of the molecule is C=C(C)c1cc(CNCC)ncc1OC. The number of rotatable bonds is 5. The van der Waals surface area contributed by atoms with E-state index in [0.717, 1.165) is 35.7 Å². The number of nitrogens with zero attached hydrogens (tertiary/aromatic N) is 1. The first-order chi connectivity index (χ1) is 7.19. The van der Waals surface area contributed by atoms with Gasteiger partial charge in [0.15, 0.2) is 0 Å². The smallest absolute Gasteiger partial charge is 0.144 e. The molecule has 15 heavy (non-hydrogen) atoms. The largest absolute Gasteiger partial charge is 0.495 e. The van der Waals surface area contributed by atoms with Crippen LogP contribution in [0.3, 0.4) is 0 Å². The molecule has 0 amide bonds. The number of hydrogen-bond acceptors (Lipinski definition) is 3. The lowest BCUT2D eigenvalue weighted by Gasteiger charge is -2.09. The molecule has 0 radical (unpaired) electrons. The normalized spacial score (nSPS) is 10.1. The summed E-state index contributed by atoms with van der Waals surface area (Å²) in [6, 6.07) is 2.02. The molecule has 0 bridgehead atoms. The molecular weight excluding hydrogens is 188 g/mol. The molecule has 0 aliphatic heterocycles. The topological polar surface area (TPSA) is 34.2 Å². The van der Waals surface area contributed by atoms with E-state index >= 15 is 0 Å². The van der Waals surface area contributed by atoms with Crippen LogP contribution in [0.1, 0.15) is 25.1 Å². The Morgan fingerprint density at radius 2 is 2.33 bits per heavy atom. The Hall–Kier alpha value is -1.35. The van der Waals surface area contributed by atoms with Crippen LogP contribution in [0.15, 0.2) is 18.8 Å². The van der Waals surface area contributed by atoms with Gasteiger partial charge >= 0.3 is 0 Å². The fourth-order valence-corrected chi connectivity index (χ4v) is 1.33. The van der Waals surface area contributed by atoms with Crippen molar-refractivity contribution in [1.82, 2.24) is 10.3 Å². The number of pyridine rings is 1. The van der Waals surface area contributed by atoms with E-state index in [1.54, 1.807) is 13.3 Å². The van der Waals surface area contributed by atoms with Crippen LogP contribution in [0, 0.1) is 0 Å². The predicted octanol–water partition coefficient (Wildman–Crippen LogP) is 2.23. The lowest BCUT2D eigenvalue weighted by molar-refractivity contribution is 0.411. The standard InChI is InChI=1S/C12H18N2O/c1-5-13-7-10-6-11(9(2)3)12(15-4)8-14-10/h6,8,13H,2,5,7H2,1,3-4H3. The zero-order valence-electron chi connectivity index (χ0n) is 9.63. The van der Waals surface area contributed by atoms with Gasteiger partial charge < -0.3 is 10.1 Å². The zero-order chi connectivity index (χ0) is 11.3. The monoisotopic (exact) mass is 206 g/mol. The van der Waals surface area contributed by atoms with E-state index in [-0.39, 0.29) is 0 Å². The van der Waals surface area contributed by atoms with Crippen molar-refractivity contribution in [3.05, 3.63) is 30.1 Å². The van der Waals surface area contributed by atoms with E-state index in [0.29, 0.717) is 0 Å². The Balaban J connectivity index is 2.94.